The lowest BCUT2D eigenvalue weighted by Gasteiger charge is -2.16. The maximum absolute atomic E-state index is 10.3. The van der Waals surface area contributed by atoms with Crippen molar-refractivity contribution in [2.45, 2.75) is 0 Å². The van der Waals surface area contributed by atoms with Crippen LogP contribution in [0.5, 0.6) is 0 Å². The molecule has 3 heteroatoms. The van der Waals surface area contributed by atoms with Crippen molar-refractivity contribution in [3.63, 3.8) is 0 Å². The SMILES string of the molecule is N#Cc1cccc(-c2ccccc2)c1-c1cc(-c2ccc3c(c2)oc2ccccc23)cc(-c2ccc3c(c2)oc2ccccc23)c1. The van der Waals surface area contributed by atoms with Gasteiger partial charge in [0.25, 0.3) is 0 Å². The predicted molar refractivity (Wildman–Crippen MR) is 187 cm³/mol. The summed E-state index contributed by atoms with van der Waals surface area (Å²) < 4.78 is 12.6. The molecule has 0 aliphatic carbocycles. The molecule has 9 rings (SSSR count). The third-order valence-electron chi connectivity index (χ3n) is 8.92. The minimum Gasteiger partial charge on any atom is -0.456 e. The van der Waals surface area contributed by atoms with Crippen molar-refractivity contribution >= 4 is 43.9 Å². The lowest BCUT2D eigenvalue weighted by atomic mass is 9.87. The molecule has 0 unspecified atom stereocenters. The van der Waals surface area contributed by atoms with Crippen LogP contribution in [0.3, 0.4) is 0 Å². The summed E-state index contributed by atoms with van der Waals surface area (Å²) in [5, 5.41) is 14.7. The molecule has 214 valence electrons. The topological polar surface area (TPSA) is 50.1 Å². The minimum absolute atomic E-state index is 0.630. The molecule has 9 aromatic rings. The van der Waals surface area contributed by atoms with E-state index in [0.717, 1.165) is 88.4 Å². The van der Waals surface area contributed by atoms with Gasteiger partial charge in [-0.1, -0.05) is 91.0 Å². The van der Waals surface area contributed by atoms with E-state index in [4.69, 9.17) is 8.83 Å². The van der Waals surface area contributed by atoms with Gasteiger partial charge >= 0.3 is 0 Å². The molecule has 0 aliphatic heterocycles. The Labute approximate surface area is 265 Å². The number of hydrogen-bond donors (Lipinski definition) is 0. The largest absolute Gasteiger partial charge is 0.456 e. The third-order valence-corrected chi connectivity index (χ3v) is 8.92. The molecule has 0 spiro atoms. The highest BCUT2D eigenvalue weighted by Crippen LogP contribution is 2.41. The highest BCUT2D eigenvalue weighted by Gasteiger charge is 2.17. The summed E-state index contributed by atoms with van der Waals surface area (Å²) in [5.74, 6) is 0. The summed E-state index contributed by atoms with van der Waals surface area (Å²) in [7, 11) is 0. The van der Waals surface area contributed by atoms with E-state index >= 15 is 0 Å². The van der Waals surface area contributed by atoms with Crippen molar-refractivity contribution in [1.29, 1.82) is 5.26 Å². The summed E-state index contributed by atoms with van der Waals surface area (Å²) in [6, 6.07) is 54.4. The Bertz CT molecular complexity index is 2520. The summed E-state index contributed by atoms with van der Waals surface area (Å²) in [6.45, 7) is 0. The Morgan fingerprint density at radius 2 is 0.891 bits per heavy atom. The van der Waals surface area contributed by atoms with Crippen LogP contribution in [-0.2, 0) is 0 Å². The molecule has 0 fully saturated rings. The quantitative estimate of drug-likeness (QED) is 0.206. The number of rotatable bonds is 4. The molecule has 0 radical (unpaired) electrons. The van der Waals surface area contributed by atoms with Gasteiger partial charge in [0.15, 0.2) is 0 Å². The fraction of sp³-hybridized carbons (Fsp3) is 0. The molecular formula is C43H25NO2. The number of hydrogen-bond acceptors (Lipinski definition) is 3. The second kappa shape index (κ2) is 10.4. The van der Waals surface area contributed by atoms with Crippen LogP contribution in [0.1, 0.15) is 5.56 Å². The summed E-state index contributed by atoms with van der Waals surface area (Å²) in [4.78, 5) is 0. The van der Waals surface area contributed by atoms with Crippen molar-refractivity contribution < 1.29 is 8.83 Å². The standard InChI is InChI=1S/C43H25NO2/c44-26-30-11-8-14-34(27-9-2-1-3-10-27)43(30)33-22-31(28-17-19-37-35-12-4-6-15-39(35)45-41(37)24-28)21-32(23-33)29-18-20-38-36-13-5-7-16-40(36)46-42(38)25-29/h1-25H. The molecule has 0 aliphatic rings. The zero-order valence-electron chi connectivity index (χ0n) is 24.7. The Balaban J connectivity index is 1.30. The van der Waals surface area contributed by atoms with Crippen LogP contribution in [0.4, 0.5) is 0 Å². The number of furan rings is 2. The molecule has 0 amide bonds. The highest BCUT2D eigenvalue weighted by atomic mass is 16.3. The van der Waals surface area contributed by atoms with Crippen LogP contribution in [-0.4, -0.2) is 0 Å². The molecular weight excluding hydrogens is 562 g/mol. The summed E-state index contributed by atoms with van der Waals surface area (Å²) in [6.07, 6.45) is 0. The smallest absolute Gasteiger partial charge is 0.136 e. The van der Waals surface area contributed by atoms with Crippen LogP contribution < -0.4 is 0 Å². The van der Waals surface area contributed by atoms with Gasteiger partial charge in [-0.2, -0.15) is 5.26 Å². The average molecular weight is 588 g/mol. The average Bonchev–Trinajstić information content (AvgIpc) is 3.69. The van der Waals surface area contributed by atoms with Crippen molar-refractivity contribution in [1.82, 2.24) is 0 Å². The van der Waals surface area contributed by atoms with E-state index in [1.807, 2.05) is 66.7 Å². The van der Waals surface area contributed by atoms with Gasteiger partial charge in [0, 0.05) is 27.1 Å². The molecule has 7 aromatic carbocycles. The zero-order chi connectivity index (χ0) is 30.6. The van der Waals surface area contributed by atoms with Gasteiger partial charge in [-0.05, 0) is 99.6 Å². The predicted octanol–water partition coefficient (Wildman–Crippen LogP) is 12.0. The van der Waals surface area contributed by atoms with Gasteiger partial charge in [0.1, 0.15) is 22.3 Å². The zero-order valence-corrected chi connectivity index (χ0v) is 24.7. The number of fused-ring (bicyclic) bond motifs is 6. The molecule has 0 atom stereocenters. The van der Waals surface area contributed by atoms with Crippen LogP contribution >= 0.6 is 0 Å². The van der Waals surface area contributed by atoms with Gasteiger partial charge in [-0.25, -0.2) is 0 Å². The summed E-state index contributed by atoms with van der Waals surface area (Å²) in [5.41, 5.74) is 12.2. The number of nitrogens with zero attached hydrogens (tertiary/aromatic N) is 1. The van der Waals surface area contributed by atoms with Gasteiger partial charge in [0.05, 0.1) is 11.6 Å². The lowest BCUT2D eigenvalue weighted by molar-refractivity contribution is 0.668. The highest BCUT2D eigenvalue weighted by molar-refractivity contribution is 6.07. The third kappa shape index (κ3) is 4.20. The van der Waals surface area contributed by atoms with E-state index in [0.29, 0.717) is 5.56 Å². The van der Waals surface area contributed by atoms with E-state index in [2.05, 4.69) is 91.0 Å². The maximum atomic E-state index is 10.3. The van der Waals surface area contributed by atoms with Crippen molar-refractivity contribution in [3.8, 4) is 50.6 Å². The summed E-state index contributed by atoms with van der Waals surface area (Å²) >= 11 is 0. The van der Waals surface area contributed by atoms with E-state index < -0.39 is 0 Å². The monoisotopic (exact) mass is 587 g/mol. The van der Waals surface area contributed by atoms with Crippen molar-refractivity contribution in [2.24, 2.45) is 0 Å². The first-order valence-electron chi connectivity index (χ1n) is 15.3. The second-order valence-corrected chi connectivity index (χ2v) is 11.6. The Morgan fingerprint density at radius 1 is 0.370 bits per heavy atom. The minimum atomic E-state index is 0.630. The maximum Gasteiger partial charge on any atom is 0.136 e. The van der Waals surface area contributed by atoms with Gasteiger partial charge < -0.3 is 8.83 Å². The normalized spacial score (nSPS) is 11.5. The van der Waals surface area contributed by atoms with Gasteiger partial charge in [-0.15, -0.1) is 0 Å². The molecule has 0 saturated carbocycles. The molecule has 0 saturated heterocycles. The van der Waals surface area contributed by atoms with E-state index in [-0.39, 0.29) is 0 Å². The number of nitriles is 1. The first-order valence-corrected chi connectivity index (χ1v) is 15.3. The van der Waals surface area contributed by atoms with Crippen molar-refractivity contribution in [3.05, 3.63) is 157 Å². The van der Waals surface area contributed by atoms with Crippen LogP contribution in [0.25, 0.3) is 88.4 Å². The first kappa shape index (κ1) is 26.1. The Kier molecular flexibility index (Phi) is 5.88. The van der Waals surface area contributed by atoms with Crippen molar-refractivity contribution in [2.75, 3.05) is 0 Å². The van der Waals surface area contributed by atoms with Gasteiger partial charge in [-0.3, -0.25) is 0 Å². The first-order chi connectivity index (χ1) is 22.7. The van der Waals surface area contributed by atoms with Crippen LogP contribution in [0.2, 0.25) is 0 Å². The molecule has 2 heterocycles. The van der Waals surface area contributed by atoms with E-state index in [9.17, 15) is 5.26 Å². The number of para-hydroxylation sites is 2. The molecule has 0 N–H and O–H groups in total. The van der Waals surface area contributed by atoms with E-state index in [1.54, 1.807) is 0 Å². The molecule has 0 bridgehead atoms. The molecule has 46 heavy (non-hydrogen) atoms. The van der Waals surface area contributed by atoms with Gasteiger partial charge in [0.2, 0.25) is 0 Å². The molecule has 2 aromatic heterocycles. The Hall–Kier alpha value is -6.37. The second-order valence-electron chi connectivity index (χ2n) is 11.6. The Morgan fingerprint density at radius 3 is 1.48 bits per heavy atom. The fourth-order valence-corrected chi connectivity index (χ4v) is 6.73. The number of benzene rings is 7. The van der Waals surface area contributed by atoms with E-state index in [1.165, 1.54) is 0 Å². The lowest BCUT2D eigenvalue weighted by Crippen LogP contribution is -1.92. The molecule has 3 nitrogen and oxygen atoms in total. The van der Waals surface area contributed by atoms with Crippen LogP contribution in [0, 0.1) is 11.3 Å². The fourth-order valence-electron chi connectivity index (χ4n) is 6.73. The van der Waals surface area contributed by atoms with Crippen LogP contribution in [0.15, 0.2) is 160 Å².